The minimum absolute atomic E-state index is 0.243. The van der Waals surface area contributed by atoms with Gasteiger partial charge in [0, 0.05) is 6.54 Å². The average molecular weight is 325 g/mol. The summed E-state index contributed by atoms with van der Waals surface area (Å²) in [6.07, 6.45) is 4.73. The molecule has 0 unspecified atom stereocenters. The summed E-state index contributed by atoms with van der Waals surface area (Å²) >= 11 is 1.04. The van der Waals surface area contributed by atoms with Gasteiger partial charge in [-0.15, -0.1) is 0 Å². The Morgan fingerprint density at radius 1 is 1.45 bits per heavy atom. The van der Waals surface area contributed by atoms with Crippen LogP contribution in [0.4, 0.5) is 9.80 Å². The summed E-state index contributed by atoms with van der Waals surface area (Å²) in [7, 11) is 0. The predicted molar refractivity (Wildman–Crippen MR) is 87.1 cm³/mol. The van der Waals surface area contributed by atoms with Crippen molar-refractivity contribution in [3.63, 3.8) is 0 Å². The van der Waals surface area contributed by atoms with Crippen LogP contribution in [0.1, 0.15) is 36.5 Å². The third-order valence-electron chi connectivity index (χ3n) is 4.06. The molecule has 0 saturated carbocycles. The van der Waals surface area contributed by atoms with Crippen LogP contribution in [-0.4, -0.2) is 47.4 Å². The van der Waals surface area contributed by atoms with Crippen molar-refractivity contribution in [2.45, 2.75) is 26.2 Å². The summed E-state index contributed by atoms with van der Waals surface area (Å²) in [5.41, 5.74) is 5.45. The first-order chi connectivity index (χ1) is 10.6. The molecule has 122 valence electrons. The lowest BCUT2D eigenvalue weighted by Gasteiger charge is -2.30. The van der Waals surface area contributed by atoms with Gasteiger partial charge in [0.15, 0.2) is 0 Å². The predicted octanol–water partition coefficient (Wildman–Crippen LogP) is 1.49. The molecule has 1 aliphatic heterocycles. The number of amides is 3. The van der Waals surface area contributed by atoms with Crippen LogP contribution in [0.3, 0.4) is 0 Å². The second-order valence-corrected chi connectivity index (χ2v) is 6.28. The Kier molecular flexibility index (Phi) is 6.14. The standard InChI is InChI=1S/C14H23N5O2S/c1-2-19-7-4-10(5-8-19)3-6-16-14(21)18-13-11(12(15)20)9-17-22-13/h9-10H,2-8H2,1H3,(H2,15,20)(H2,16,18,21). The minimum Gasteiger partial charge on any atom is -0.365 e. The second-order valence-electron chi connectivity index (χ2n) is 5.48. The number of primary amides is 1. The van der Waals surface area contributed by atoms with Crippen LogP contribution < -0.4 is 16.4 Å². The van der Waals surface area contributed by atoms with E-state index < -0.39 is 5.91 Å². The lowest BCUT2D eigenvalue weighted by molar-refractivity contribution is 0.100. The number of hydrogen-bond acceptors (Lipinski definition) is 5. The molecule has 1 fully saturated rings. The van der Waals surface area contributed by atoms with Gasteiger partial charge in [-0.1, -0.05) is 6.92 Å². The third-order valence-corrected chi connectivity index (χ3v) is 4.77. The highest BCUT2D eigenvalue weighted by Gasteiger charge is 2.18. The molecular weight excluding hydrogens is 302 g/mol. The monoisotopic (exact) mass is 325 g/mol. The number of nitrogens with two attached hydrogens (primary N) is 1. The van der Waals surface area contributed by atoms with Gasteiger partial charge < -0.3 is 16.0 Å². The zero-order valence-corrected chi connectivity index (χ0v) is 13.6. The number of nitrogens with one attached hydrogen (secondary N) is 2. The SMILES string of the molecule is CCN1CCC(CCNC(=O)Nc2sncc2C(N)=O)CC1. The highest BCUT2D eigenvalue weighted by Crippen LogP contribution is 2.20. The first-order valence-corrected chi connectivity index (χ1v) is 8.39. The van der Waals surface area contributed by atoms with E-state index in [0.29, 0.717) is 17.5 Å². The maximum Gasteiger partial charge on any atom is 0.319 e. The highest BCUT2D eigenvalue weighted by atomic mass is 32.1. The van der Waals surface area contributed by atoms with E-state index in [1.165, 1.54) is 19.0 Å². The summed E-state index contributed by atoms with van der Waals surface area (Å²) in [5, 5.41) is 5.84. The molecule has 0 radical (unpaired) electrons. The average Bonchev–Trinajstić information content (AvgIpc) is 2.96. The van der Waals surface area contributed by atoms with Gasteiger partial charge in [-0.2, -0.15) is 4.37 Å². The number of hydrogen-bond donors (Lipinski definition) is 3. The number of carbonyl (C=O) groups is 2. The van der Waals surface area contributed by atoms with Crippen molar-refractivity contribution >= 4 is 28.5 Å². The molecule has 1 aliphatic rings. The van der Waals surface area contributed by atoms with Crippen molar-refractivity contribution in [1.82, 2.24) is 14.6 Å². The highest BCUT2D eigenvalue weighted by molar-refractivity contribution is 7.10. The number of carbonyl (C=O) groups excluding carboxylic acids is 2. The summed E-state index contributed by atoms with van der Waals surface area (Å²) in [5.74, 6) is 0.0828. The van der Waals surface area contributed by atoms with Crippen LogP contribution in [0.2, 0.25) is 0 Å². The molecule has 1 aromatic heterocycles. The van der Waals surface area contributed by atoms with Crippen molar-refractivity contribution in [3.8, 4) is 0 Å². The van der Waals surface area contributed by atoms with Crippen LogP contribution in [0.15, 0.2) is 6.20 Å². The first-order valence-electron chi connectivity index (χ1n) is 7.61. The lowest BCUT2D eigenvalue weighted by Crippen LogP contribution is -2.35. The van der Waals surface area contributed by atoms with Gasteiger partial charge in [-0.3, -0.25) is 10.1 Å². The van der Waals surface area contributed by atoms with E-state index in [-0.39, 0.29) is 11.6 Å². The largest absolute Gasteiger partial charge is 0.365 e. The van der Waals surface area contributed by atoms with Gasteiger partial charge in [0.1, 0.15) is 5.00 Å². The Labute approximate surface area is 134 Å². The Balaban J connectivity index is 1.68. The number of piperidine rings is 1. The van der Waals surface area contributed by atoms with Crippen LogP contribution in [0.5, 0.6) is 0 Å². The Hall–Kier alpha value is -1.67. The fraction of sp³-hybridized carbons (Fsp3) is 0.643. The number of nitrogens with zero attached hydrogens (tertiary/aromatic N) is 2. The summed E-state index contributed by atoms with van der Waals surface area (Å²) < 4.78 is 3.86. The maximum atomic E-state index is 11.8. The quantitative estimate of drug-likeness (QED) is 0.737. The molecule has 0 bridgehead atoms. The molecule has 2 rings (SSSR count). The second kappa shape index (κ2) is 8.09. The molecule has 0 atom stereocenters. The number of urea groups is 1. The summed E-state index contributed by atoms with van der Waals surface area (Å²) in [6, 6.07) is -0.322. The zero-order chi connectivity index (χ0) is 15.9. The van der Waals surface area contributed by atoms with Gasteiger partial charge in [-0.05, 0) is 56.3 Å². The fourth-order valence-electron chi connectivity index (χ4n) is 2.63. The van der Waals surface area contributed by atoms with Crippen molar-refractivity contribution in [3.05, 3.63) is 11.8 Å². The van der Waals surface area contributed by atoms with Crippen LogP contribution in [0.25, 0.3) is 0 Å². The number of aromatic nitrogens is 1. The topological polar surface area (TPSA) is 100 Å². The van der Waals surface area contributed by atoms with E-state index in [4.69, 9.17) is 5.73 Å². The molecule has 0 aliphatic carbocycles. The van der Waals surface area contributed by atoms with E-state index in [0.717, 1.165) is 37.6 Å². The molecule has 0 spiro atoms. The molecular formula is C14H23N5O2S. The van der Waals surface area contributed by atoms with Crippen molar-refractivity contribution < 1.29 is 9.59 Å². The van der Waals surface area contributed by atoms with Crippen LogP contribution in [0, 0.1) is 5.92 Å². The van der Waals surface area contributed by atoms with Gasteiger partial charge in [0.2, 0.25) is 0 Å². The van der Waals surface area contributed by atoms with Crippen LogP contribution >= 0.6 is 11.5 Å². The van der Waals surface area contributed by atoms with Crippen molar-refractivity contribution in [2.75, 3.05) is 31.5 Å². The number of rotatable bonds is 6. The van der Waals surface area contributed by atoms with E-state index in [1.54, 1.807) is 0 Å². The van der Waals surface area contributed by atoms with E-state index >= 15 is 0 Å². The van der Waals surface area contributed by atoms with Gasteiger partial charge in [0.25, 0.3) is 5.91 Å². The zero-order valence-electron chi connectivity index (χ0n) is 12.8. The van der Waals surface area contributed by atoms with Gasteiger partial charge in [0.05, 0.1) is 11.8 Å². The molecule has 7 nitrogen and oxygen atoms in total. The summed E-state index contributed by atoms with van der Waals surface area (Å²) in [4.78, 5) is 25.4. The number of likely N-dealkylation sites (tertiary alicyclic amines) is 1. The van der Waals surface area contributed by atoms with Crippen molar-refractivity contribution in [2.24, 2.45) is 11.7 Å². The van der Waals surface area contributed by atoms with E-state index in [2.05, 4.69) is 26.8 Å². The fourth-order valence-corrected chi connectivity index (χ4v) is 3.29. The Morgan fingerprint density at radius 3 is 2.82 bits per heavy atom. The molecule has 3 amide bonds. The molecule has 22 heavy (non-hydrogen) atoms. The molecule has 0 aromatic carbocycles. The summed E-state index contributed by atoms with van der Waals surface area (Å²) in [6.45, 7) is 6.23. The maximum absolute atomic E-state index is 11.8. The molecule has 1 aromatic rings. The van der Waals surface area contributed by atoms with E-state index in [1.807, 2.05) is 0 Å². The smallest absolute Gasteiger partial charge is 0.319 e. The first kappa shape index (κ1) is 16.7. The van der Waals surface area contributed by atoms with E-state index in [9.17, 15) is 9.59 Å². The molecule has 2 heterocycles. The minimum atomic E-state index is -0.591. The third kappa shape index (κ3) is 4.67. The molecule has 4 N–H and O–H groups in total. The van der Waals surface area contributed by atoms with Gasteiger partial charge >= 0.3 is 6.03 Å². The Bertz CT molecular complexity index is 511. The molecule has 8 heteroatoms. The Morgan fingerprint density at radius 2 is 2.18 bits per heavy atom. The lowest BCUT2D eigenvalue weighted by atomic mass is 9.93. The van der Waals surface area contributed by atoms with Crippen molar-refractivity contribution in [1.29, 1.82) is 0 Å². The number of anilines is 1. The van der Waals surface area contributed by atoms with Crippen LogP contribution in [-0.2, 0) is 0 Å². The normalized spacial score (nSPS) is 16.4. The van der Waals surface area contributed by atoms with Gasteiger partial charge in [-0.25, -0.2) is 4.79 Å². The molecule has 1 saturated heterocycles.